The summed E-state index contributed by atoms with van der Waals surface area (Å²) >= 11 is 0. The third kappa shape index (κ3) is 4.72. The molecular weight excluding hydrogens is 553 g/mol. The van der Waals surface area contributed by atoms with Crippen LogP contribution >= 0.6 is 0 Å². The number of hydrogen-bond donors (Lipinski definition) is 0. The average Bonchev–Trinajstić information content (AvgIpc) is 3.13. The summed E-state index contributed by atoms with van der Waals surface area (Å²) in [4.78, 5) is 0. The third-order valence-corrected chi connectivity index (χ3v) is 9.39. The average molecular weight is 583 g/mol. The molecule has 0 atom stereocenters. The topological polar surface area (TPSA) is 0 Å². The van der Waals surface area contributed by atoms with Crippen molar-refractivity contribution in [2.75, 3.05) is 0 Å². The van der Waals surface area contributed by atoms with E-state index < -0.39 is 0 Å². The van der Waals surface area contributed by atoms with E-state index in [2.05, 4.69) is 182 Å². The van der Waals surface area contributed by atoms with Gasteiger partial charge in [0.1, 0.15) is 0 Å². The Kier molecular flexibility index (Phi) is 6.25. The van der Waals surface area contributed by atoms with Crippen molar-refractivity contribution in [2.24, 2.45) is 0 Å². The summed E-state index contributed by atoms with van der Waals surface area (Å²) in [5.74, 6) is 0. The second-order valence-electron chi connectivity index (χ2n) is 12.2. The van der Waals surface area contributed by atoms with Gasteiger partial charge in [-0.05, 0) is 124 Å². The minimum absolute atomic E-state index is 1.23. The van der Waals surface area contributed by atoms with Gasteiger partial charge in [0.15, 0.2) is 0 Å². The second kappa shape index (κ2) is 10.9. The minimum atomic E-state index is 1.23. The Bertz CT molecular complexity index is 2580. The van der Waals surface area contributed by atoms with Crippen molar-refractivity contribution in [1.82, 2.24) is 0 Å². The van der Waals surface area contributed by atoms with Gasteiger partial charge in [-0.25, -0.2) is 0 Å². The van der Waals surface area contributed by atoms with Crippen molar-refractivity contribution in [3.05, 3.63) is 182 Å². The Balaban J connectivity index is 1.02. The normalized spacial score (nSPS) is 11.5. The van der Waals surface area contributed by atoms with Gasteiger partial charge in [0.05, 0.1) is 0 Å². The van der Waals surface area contributed by atoms with Crippen LogP contribution in [0, 0.1) is 0 Å². The van der Waals surface area contributed by atoms with Crippen LogP contribution < -0.4 is 0 Å². The lowest BCUT2D eigenvalue weighted by atomic mass is 9.93. The van der Waals surface area contributed by atoms with Gasteiger partial charge in [-0.3, -0.25) is 0 Å². The number of fused-ring (bicyclic) bond motifs is 4. The van der Waals surface area contributed by atoms with Crippen molar-refractivity contribution in [2.45, 2.75) is 0 Å². The van der Waals surface area contributed by atoms with Crippen LogP contribution in [-0.2, 0) is 0 Å². The highest BCUT2D eigenvalue weighted by Crippen LogP contribution is 2.35. The number of hydrogen-bond acceptors (Lipinski definition) is 0. The maximum atomic E-state index is 2.32. The molecule has 9 aromatic rings. The zero-order valence-electron chi connectivity index (χ0n) is 25.3. The summed E-state index contributed by atoms with van der Waals surface area (Å²) in [6.45, 7) is 0. The molecule has 0 aliphatic rings. The fourth-order valence-corrected chi connectivity index (χ4v) is 6.92. The van der Waals surface area contributed by atoms with Gasteiger partial charge < -0.3 is 0 Å². The highest BCUT2D eigenvalue weighted by molar-refractivity contribution is 5.98. The van der Waals surface area contributed by atoms with Crippen molar-refractivity contribution < 1.29 is 0 Å². The zero-order chi connectivity index (χ0) is 30.5. The Hall–Kier alpha value is -5.98. The molecule has 0 N–H and O–H groups in total. The molecule has 9 aromatic carbocycles. The highest BCUT2D eigenvalue weighted by Gasteiger charge is 2.08. The van der Waals surface area contributed by atoms with Gasteiger partial charge in [0, 0.05) is 0 Å². The van der Waals surface area contributed by atoms with Crippen LogP contribution in [0.3, 0.4) is 0 Å². The van der Waals surface area contributed by atoms with Crippen molar-refractivity contribution >= 4 is 43.1 Å². The number of benzene rings is 9. The first kappa shape index (κ1) is 26.4. The van der Waals surface area contributed by atoms with Gasteiger partial charge in [0.2, 0.25) is 0 Å². The first-order valence-electron chi connectivity index (χ1n) is 15.9. The van der Waals surface area contributed by atoms with Gasteiger partial charge >= 0.3 is 0 Å². The molecule has 46 heavy (non-hydrogen) atoms. The van der Waals surface area contributed by atoms with Crippen LogP contribution in [0.15, 0.2) is 182 Å². The summed E-state index contributed by atoms with van der Waals surface area (Å²) < 4.78 is 0. The van der Waals surface area contributed by atoms with Gasteiger partial charge in [-0.2, -0.15) is 0 Å². The summed E-state index contributed by atoms with van der Waals surface area (Å²) in [7, 11) is 0. The van der Waals surface area contributed by atoms with E-state index >= 15 is 0 Å². The molecular formula is C46H30. The van der Waals surface area contributed by atoms with Gasteiger partial charge in [-0.1, -0.05) is 146 Å². The monoisotopic (exact) mass is 582 g/mol. The molecule has 0 nitrogen and oxygen atoms in total. The van der Waals surface area contributed by atoms with Crippen LogP contribution in [0.1, 0.15) is 0 Å². The molecule has 0 heterocycles. The summed E-state index contributed by atoms with van der Waals surface area (Å²) in [6, 6.07) is 66.6. The largest absolute Gasteiger partial charge is 0.0616 e. The molecule has 0 saturated heterocycles. The predicted molar refractivity (Wildman–Crippen MR) is 198 cm³/mol. The fraction of sp³-hybridized carbons (Fsp3) is 0. The summed E-state index contributed by atoms with van der Waals surface area (Å²) in [5.41, 5.74) is 9.94. The zero-order valence-corrected chi connectivity index (χ0v) is 25.3. The Morgan fingerprint density at radius 3 is 1.13 bits per heavy atom. The molecule has 0 fully saturated rings. The Labute approximate surface area is 268 Å². The highest BCUT2D eigenvalue weighted by atomic mass is 14.1. The van der Waals surface area contributed by atoms with Crippen LogP contribution in [0.5, 0.6) is 0 Å². The van der Waals surface area contributed by atoms with Crippen LogP contribution in [0.25, 0.3) is 87.6 Å². The summed E-state index contributed by atoms with van der Waals surface area (Å²) in [6.07, 6.45) is 0. The standard InChI is InChI=1S/C46H30/c1-2-9-33-25-36(16-15-31(33)7-1)38-20-22-42-29-43(24-23-40(42)27-38)41-21-19-37-26-35(17-18-39(37)28-41)34-11-5-12-44(30-34)46-14-6-10-32-8-3-4-13-45(32)46/h1-30H. The molecule has 214 valence electrons. The third-order valence-electron chi connectivity index (χ3n) is 9.39. The second-order valence-corrected chi connectivity index (χ2v) is 12.2. The minimum Gasteiger partial charge on any atom is -0.0616 e. The predicted octanol–water partition coefficient (Wildman–Crippen LogP) is 13.0. The molecule has 0 bridgehead atoms. The molecule has 0 saturated carbocycles. The molecule has 0 spiro atoms. The lowest BCUT2D eigenvalue weighted by molar-refractivity contribution is 1.61. The number of rotatable bonds is 4. The van der Waals surface area contributed by atoms with E-state index in [1.54, 1.807) is 0 Å². The SMILES string of the molecule is c1cc(-c2ccc3cc(-c4ccc5cc(-c6ccc7ccccc7c6)ccc5c4)ccc3c2)cc(-c2cccc3ccccc23)c1. The molecule has 0 amide bonds. The van der Waals surface area contributed by atoms with Crippen molar-refractivity contribution in [3.63, 3.8) is 0 Å². The van der Waals surface area contributed by atoms with Crippen molar-refractivity contribution in [3.8, 4) is 44.5 Å². The maximum Gasteiger partial charge on any atom is -0.0105 e. The van der Waals surface area contributed by atoms with E-state index in [1.807, 2.05) is 0 Å². The Morgan fingerprint density at radius 2 is 0.565 bits per heavy atom. The van der Waals surface area contributed by atoms with E-state index in [0.717, 1.165) is 0 Å². The van der Waals surface area contributed by atoms with Gasteiger partial charge in [-0.15, -0.1) is 0 Å². The molecule has 0 aromatic heterocycles. The van der Waals surface area contributed by atoms with Gasteiger partial charge in [0.25, 0.3) is 0 Å². The van der Waals surface area contributed by atoms with E-state index in [1.165, 1.54) is 87.6 Å². The van der Waals surface area contributed by atoms with Crippen LogP contribution in [-0.4, -0.2) is 0 Å². The quantitative estimate of drug-likeness (QED) is 0.194. The summed E-state index contributed by atoms with van der Waals surface area (Å²) in [5, 5.41) is 10.1. The lowest BCUT2D eigenvalue weighted by Crippen LogP contribution is -1.85. The van der Waals surface area contributed by atoms with E-state index in [-0.39, 0.29) is 0 Å². The maximum absolute atomic E-state index is 2.32. The van der Waals surface area contributed by atoms with Crippen molar-refractivity contribution in [1.29, 1.82) is 0 Å². The molecule has 0 radical (unpaired) electrons. The molecule has 0 aliphatic heterocycles. The molecule has 0 aliphatic carbocycles. The smallest absolute Gasteiger partial charge is 0.0105 e. The van der Waals surface area contributed by atoms with E-state index in [0.29, 0.717) is 0 Å². The first-order valence-corrected chi connectivity index (χ1v) is 15.9. The Morgan fingerprint density at radius 1 is 0.196 bits per heavy atom. The van der Waals surface area contributed by atoms with E-state index in [4.69, 9.17) is 0 Å². The van der Waals surface area contributed by atoms with Crippen LogP contribution in [0.4, 0.5) is 0 Å². The first-order chi connectivity index (χ1) is 22.7. The fourth-order valence-electron chi connectivity index (χ4n) is 6.92. The molecule has 0 unspecified atom stereocenters. The molecule has 0 heteroatoms. The molecule has 9 rings (SSSR count). The van der Waals surface area contributed by atoms with E-state index in [9.17, 15) is 0 Å². The lowest BCUT2D eigenvalue weighted by Gasteiger charge is -2.11. The van der Waals surface area contributed by atoms with Crippen LogP contribution in [0.2, 0.25) is 0 Å².